The van der Waals surface area contributed by atoms with Crippen LogP contribution in [0.4, 0.5) is 0 Å². The number of aromatic nitrogens is 1. The summed E-state index contributed by atoms with van der Waals surface area (Å²) in [6.45, 7) is 2.05. The first-order chi connectivity index (χ1) is 7.88. The van der Waals surface area contributed by atoms with E-state index in [1.165, 1.54) is 10.9 Å². The Labute approximate surface area is 94.5 Å². The minimum atomic E-state index is 0.548. The molecule has 3 nitrogen and oxygen atoms in total. The Morgan fingerprint density at radius 3 is 2.81 bits per heavy atom. The number of ether oxygens (including phenoxy) is 1. The molecular formula is C13H14N2O. The molecule has 1 aromatic carbocycles. The molecule has 1 aliphatic heterocycles. The summed E-state index contributed by atoms with van der Waals surface area (Å²) >= 11 is 0. The third-order valence-electron chi connectivity index (χ3n) is 3.13. The summed E-state index contributed by atoms with van der Waals surface area (Å²) in [4.78, 5) is 4.55. The lowest BCUT2D eigenvalue weighted by molar-refractivity contribution is 0.373. The number of para-hydroxylation sites is 1. The van der Waals surface area contributed by atoms with E-state index in [-0.39, 0.29) is 0 Å². The van der Waals surface area contributed by atoms with Crippen molar-refractivity contribution in [1.29, 1.82) is 0 Å². The topological polar surface area (TPSA) is 34.1 Å². The molecule has 82 valence electrons. The van der Waals surface area contributed by atoms with E-state index in [1.54, 1.807) is 7.11 Å². The van der Waals surface area contributed by atoms with Crippen LogP contribution in [0.1, 0.15) is 11.5 Å². The molecule has 1 N–H and O–H groups in total. The molecule has 0 saturated carbocycles. The smallest absolute Gasteiger partial charge is 0.217 e. The summed E-state index contributed by atoms with van der Waals surface area (Å²) in [5.41, 5.74) is 2.22. The zero-order chi connectivity index (χ0) is 11.0. The van der Waals surface area contributed by atoms with Crippen molar-refractivity contribution in [3.63, 3.8) is 0 Å². The number of hydrogen-bond donors (Lipinski definition) is 1. The lowest BCUT2D eigenvalue weighted by Crippen LogP contribution is -2.40. The van der Waals surface area contributed by atoms with Gasteiger partial charge in [0.1, 0.15) is 0 Å². The van der Waals surface area contributed by atoms with Crippen molar-refractivity contribution in [2.24, 2.45) is 0 Å². The SMILES string of the molecule is COc1nc2ccccc2cc1C1CNC1. The van der Waals surface area contributed by atoms with Crippen molar-refractivity contribution >= 4 is 10.9 Å². The van der Waals surface area contributed by atoms with Crippen molar-refractivity contribution in [2.45, 2.75) is 5.92 Å². The third kappa shape index (κ3) is 1.44. The molecule has 2 heterocycles. The van der Waals surface area contributed by atoms with E-state index >= 15 is 0 Å². The van der Waals surface area contributed by atoms with Crippen LogP contribution < -0.4 is 10.1 Å². The number of nitrogens with zero attached hydrogens (tertiary/aromatic N) is 1. The van der Waals surface area contributed by atoms with Gasteiger partial charge >= 0.3 is 0 Å². The van der Waals surface area contributed by atoms with E-state index in [2.05, 4.69) is 22.4 Å². The molecule has 3 heteroatoms. The Balaban J connectivity index is 2.17. The predicted molar refractivity (Wildman–Crippen MR) is 63.9 cm³/mol. The Bertz CT molecular complexity index is 520. The molecule has 0 unspecified atom stereocenters. The van der Waals surface area contributed by atoms with Crippen LogP contribution in [0, 0.1) is 0 Å². The Morgan fingerprint density at radius 2 is 2.12 bits per heavy atom. The lowest BCUT2D eigenvalue weighted by Gasteiger charge is -2.28. The summed E-state index contributed by atoms with van der Waals surface area (Å²) in [5.74, 6) is 1.32. The maximum absolute atomic E-state index is 5.37. The largest absolute Gasteiger partial charge is 0.481 e. The fourth-order valence-corrected chi connectivity index (χ4v) is 2.08. The van der Waals surface area contributed by atoms with Crippen LogP contribution in [-0.4, -0.2) is 25.2 Å². The molecule has 0 bridgehead atoms. The molecule has 0 spiro atoms. The summed E-state index contributed by atoms with van der Waals surface area (Å²) in [6, 6.07) is 10.4. The summed E-state index contributed by atoms with van der Waals surface area (Å²) < 4.78 is 5.37. The molecule has 3 rings (SSSR count). The molecule has 1 saturated heterocycles. The zero-order valence-electron chi connectivity index (χ0n) is 9.23. The van der Waals surface area contributed by atoms with Gasteiger partial charge in [-0.05, 0) is 12.1 Å². The van der Waals surface area contributed by atoms with Crippen LogP contribution in [0.2, 0.25) is 0 Å². The first-order valence-corrected chi connectivity index (χ1v) is 5.53. The van der Waals surface area contributed by atoms with E-state index in [0.717, 1.165) is 24.5 Å². The van der Waals surface area contributed by atoms with Gasteiger partial charge in [0.05, 0.1) is 12.6 Å². The van der Waals surface area contributed by atoms with Crippen molar-refractivity contribution < 1.29 is 4.74 Å². The molecule has 2 aromatic rings. The van der Waals surface area contributed by atoms with Gasteiger partial charge in [-0.25, -0.2) is 4.98 Å². The molecule has 0 radical (unpaired) electrons. The van der Waals surface area contributed by atoms with Gasteiger partial charge in [0, 0.05) is 30.0 Å². The second-order valence-electron chi connectivity index (χ2n) is 4.13. The number of hydrogen-bond acceptors (Lipinski definition) is 3. The minimum Gasteiger partial charge on any atom is -0.481 e. The maximum atomic E-state index is 5.37. The normalized spacial score (nSPS) is 16.1. The molecule has 0 amide bonds. The number of rotatable bonds is 2. The molecule has 0 aliphatic carbocycles. The Hall–Kier alpha value is -1.61. The average Bonchev–Trinajstić information content (AvgIpc) is 2.26. The van der Waals surface area contributed by atoms with Gasteiger partial charge in [0.25, 0.3) is 0 Å². The zero-order valence-corrected chi connectivity index (χ0v) is 9.23. The fourth-order valence-electron chi connectivity index (χ4n) is 2.08. The Kier molecular flexibility index (Phi) is 2.26. The summed E-state index contributed by atoms with van der Waals surface area (Å²) in [5, 5.41) is 4.46. The van der Waals surface area contributed by atoms with Crippen LogP contribution in [0.3, 0.4) is 0 Å². The number of pyridine rings is 1. The van der Waals surface area contributed by atoms with E-state index < -0.39 is 0 Å². The van der Waals surface area contributed by atoms with Crippen molar-refractivity contribution in [3.05, 3.63) is 35.9 Å². The van der Waals surface area contributed by atoms with Crippen LogP contribution in [0.15, 0.2) is 30.3 Å². The van der Waals surface area contributed by atoms with E-state index in [0.29, 0.717) is 5.92 Å². The monoisotopic (exact) mass is 214 g/mol. The van der Waals surface area contributed by atoms with Gasteiger partial charge in [0.2, 0.25) is 5.88 Å². The maximum Gasteiger partial charge on any atom is 0.217 e. The first kappa shape index (κ1) is 9.60. The first-order valence-electron chi connectivity index (χ1n) is 5.53. The number of fused-ring (bicyclic) bond motifs is 1. The highest BCUT2D eigenvalue weighted by Crippen LogP contribution is 2.30. The van der Waals surface area contributed by atoms with Crippen LogP contribution in [0.5, 0.6) is 5.88 Å². The van der Waals surface area contributed by atoms with E-state index in [9.17, 15) is 0 Å². The van der Waals surface area contributed by atoms with Gasteiger partial charge in [-0.2, -0.15) is 0 Å². The number of nitrogens with one attached hydrogen (secondary N) is 1. The highest BCUT2D eigenvalue weighted by Gasteiger charge is 2.23. The van der Waals surface area contributed by atoms with Crippen LogP contribution >= 0.6 is 0 Å². The Morgan fingerprint density at radius 1 is 1.31 bits per heavy atom. The van der Waals surface area contributed by atoms with Crippen LogP contribution in [-0.2, 0) is 0 Å². The molecule has 16 heavy (non-hydrogen) atoms. The van der Waals surface area contributed by atoms with E-state index in [4.69, 9.17) is 4.74 Å². The van der Waals surface area contributed by atoms with Crippen LogP contribution in [0.25, 0.3) is 10.9 Å². The number of methoxy groups -OCH3 is 1. The van der Waals surface area contributed by atoms with Gasteiger partial charge in [0.15, 0.2) is 0 Å². The van der Waals surface area contributed by atoms with Crippen molar-refractivity contribution in [1.82, 2.24) is 10.3 Å². The molecule has 1 aromatic heterocycles. The van der Waals surface area contributed by atoms with Gasteiger partial charge in [-0.15, -0.1) is 0 Å². The third-order valence-corrected chi connectivity index (χ3v) is 3.13. The lowest BCUT2D eigenvalue weighted by atomic mass is 9.93. The van der Waals surface area contributed by atoms with Gasteiger partial charge in [-0.3, -0.25) is 0 Å². The summed E-state index contributed by atoms with van der Waals surface area (Å²) in [6.07, 6.45) is 0. The van der Waals surface area contributed by atoms with Crippen molar-refractivity contribution in [3.8, 4) is 5.88 Å². The highest BCUT2D eigenvalue weighted by molar-refractivity contribution is 5.80. The molecule has 1 fully saturated rings. The fraction of sp³-hybridized carbons (Fsp3) is 0.308. The van der Waals surface area contributed by atoms with Crippen molar-refractivity contribution in [2.75, 3.05) is 20.2 Å². The average molecular weight is 214 g/mol. The predicted octanol–water partition coefficient (Wildman–Crippen LogP) is 1.93. The van der Waals surface area contributed by atoms with E-state index in [1.807, 2.05) is 18.2 Å². The highest BCUT2D eigenvalue weighted by atomic mass is 16.5. The minimum absolute atomic E-state index is 0.548. The second kappa shape index (κ2) is 3.76. The molecule has 1 aliphatic rings. The standard InChI is InChI=1S/C13H14N2O/c1-16-13-11(10-7-14-8-10)6-9-4-2-3-5-12(9)15-13/h2-6,10,14H,7-8H2,1H3. The quantitative estimate of drug-likeness (QED) is 0.829. The molecule has 0 atom stereocenters. The number of benzene rings is 1. The molecular weight excluding hydrogens is 200 g/mol. The summed E-state index contributed by atoms with van der Waals surface area (Å²) in [7, 11) is 1.69. The van der Waals surface area contributed by atoms with Gasteiger partial charge in [-0.1, -0.05) is 18.2 Å². The second-order valence-corrected chi connectivity index (χ2v) is 4.13. The van der Waals surface area contributed by atoms with Gasteiger partial charge < -0.3 is 10.1 Å².